The summed E-state index contributed by atoms with van der Waals surface area (Å²) in [6, 6.07) is 10.3. The molecule has 0 bridgehead atoms. The van der Waals surface area contributed by atoms with Gasteiger partial charge in [-0.2, -0.15) is 0 Å². The third kappa shape index (κ3) is 3.89. The van der Waals surface area contributed by atoms with Crippen molar-refractivity contribution in [2.75, 3.05) is 11.9 Å². The Labute approximate surface area is 128 Å². The molecule has 21 heavy (non-hydrogen) atoms. The Kier molecular flexibility index (Phi) is 4.62. The largest absolute Gasteiger partial charge is 0.311 e. The molecule has 2 aromatic rings. The molecule has 0 saturated carbocycles. The fourth-order valence-corrected chi connectivity index (χ4v) is 3.45. The van der Waals surface area contributed by atoms with E-state index in [0.717, 1.165) is 43.2 Å². The van der Waals surface area contributed by atoms with Gasteiger partial charge in [0.25, 0.3) is 0 Å². The minimum atomic E-state index is 0.0602. The van der Waals surface area contributed by atoms with Crippen molar-refractivity contribution in [3.63, 3.8) is 0 Å². The van der Waals surface area contributed by atoms with Crippen molar-refractivity contribution in [2.45, 2.75) is 32.2 Å². The molecule has 0 unspecified atom stereocenters. The standard InChI is InChI=1S/C16H19N3OS/c20-15(8-4-7-12-5-2-1-3-6-12)19-16-18-13-9-10-17-11-14(13)21-16/h1-3,5-6,17H,4,7-11H2,(H,18,19,20). The molecule has 5 heteroatoms. The van der Waals surface area contributed by atoms with Crippen LogP contribution in [0.25, 0.3) is 0 Å². The van der Waals surface area contributed by atoms with Gasteiger partial charge in [0.05, 0.1) is 5.69 Å². The van der Waals surface area contributed by atoms with Gasteiger partial charge in [-0.3, -0.25) is 4.79 Å². The second kappa shape index (κ2) is 6.83. The Balaban J connectivity index is 1.47. The summed E-state index contributed by atoms with van der Waals surface area (Å²) in [6.45, 7) is 1.85. The highest BCUT2D eigenvalue weighted by Crippen LogP contribution is 2.25. The zero-order valence-corrected chi connectivity index (χ0v) is 12.7. The molecule has 1 aromatic heterocycles. The van der Waals surface area contributed by atoms with Crippen molar-refractivity contribution in [2.24, 2.45) is 0 Å². The van der Waals surface area contributed by atoms with Crippen molar-refractivity contribution in [1.82, 2.24) is 10.3 Å². The quantitative estimate of drug-likeness (QED) is 0.893. The number of thiazole rings is 1. The number of nitrogens with zero attached hydrogens (tertiary/aromatic N) is 1. The summed E-state index contributed by atoms with van der Waals surface area (Å²) in [5.74, 6) is 0.0602. The number of carbonyl (C=O) groups excluding carboxylic acids is 1. The number of benzene rings is 1. The van der Waals surface area contributed by atoms with E-state index in [0.29, 0.717) is 6.42 Å². The van der Waals surface area contributed by atoms with E-state index < -0.39 is 0 Å². The lowest BCUT2D eigenvalue weighted by atomic mass is 10.1. The molecule has 0 atom stereocenters. The van der Waals surface area contributed by atoms with Gasteiger partial charge in [0, 0.05) is 30.8 Å². The molecule has 0 saturated heterocycles. The van der Waals surface area contributed by atoms with E-state index in [1.54, 1.807) is 11.3 Å². The van der Waals surface area contributed by atoms with E-state index in [1.165, 1.54) is 10.4 Å². The fraction of sp³-hybridized carbons (Fsp3) is 0.375. The van der Waals surface area contributed by atoms with Gasteiger partial charge in [-0.25, -0.2) is 4.98 Å². The van der Waals surface area contributed by atoms with E-state index >= 15 is 0 Å². The van der Waals surface area contributed by atoms with E-state index in [9.17, 15) is 4.79 Å². The van der Waals surface area contributed by atoms with Crippen molar-refractivity contribution in [3.8, 4) is 0 Å². The molecule has 2 heterocycles. The van der Waals surface area contributed by atoms with Gasteiger partial charge in [0.1, 0.15) is 0 Å². The maximum atomic E-state index is 12.0. The summed E-state index contributed by atoms with van der Waals surface area (Å²) >= 11 is 1.59. The lowest BCUT2D eigenvalue weighted by Gasteiger charge is -2.09. The first kappa shape index (κ1) is 14.2. The second-order valence-electron chi connectivity index (χ2n) is 5.20. The monoisotopic (exact) mass is 301 g/mol. The first-order valence-electron chi connectivity index (χ1n) is 7.34. The van der Waals surface area contributed by atoms with Crippen LogP contribution in [0, 0.1) is 0 Å². The summed E-state index contributed by atoms with van der Waals surface area (Å²) < 4.78 is 0. The van der Waals surface area contributed by atoms with Crippen molar-refractivity contribution in [3.05, 3.63) is 46.5 Å². The molecule has 1 aromatic carbocycles. The normalized spacial score (nSPS) is 13.7. The maximum absolute atomic E-state index is 12.0. The molecule has 1 aliphatic heterocycles. The smallest absolute Gasteiger partial charge is 0.226 e. The first-order chi connectivity index (χ1) is 10.3. The summed E-state index contributed by atoms with van der Waals surface area (Å²) in [7, 11) is 0. The number of carbonyl (C=O) groups is 1. The third-order valence-electron chi connectivity index (χ3n) is 3.56. The van der Waals surface area contributed by atoms with Gasteiger partial charge in [0.2, 0.25) is 5.91 Å². The number of anilines is 1. The Morgan fingerprint density at radius 2 is 2.19 bits per heavy atom. The number of nitrogens with one attached hydrogen (secondary N) is 2. The SMILES string of the molecule is O=C(CCCc1ccccc1)Nc1nc2c(s1)CNCC2. The minimum absolute atomic E-state index is 0.0602. The molecular formula is C16H19N3OS. The van der Waals surface area contributed by atoms with Crippen LogP contribution in [0.5, 0.6) is 0 Å². The highest BCUT2D eigenvalue weighted by molar-refractivity contribution is 7.15. The molecule has 0 spiro atoms. The van der Waals surface area contributed by atoms with Gasteiger partial charge in [-0.15, -0.1) is 11.3 Å². The summed E-state index contributed by atoms with van der Waals surface area (Å²) in [4.78, 5) is 17.7. The predicted octanol–water partition coefficient (Wildman–Crippen LogP) is 2.75. The zero-order valence-electron chi connectivity index (χ0n) is 11.9. The van der Waals surface area contributed by atoms with Crippen LogP contribution in [0.1, 0.15) is 29.0 Å². The number of hydrogen-bond acceptors (Lipinski definition) is 4. The van der Waals surface area contributed by atoms with Crippen LogP contribution >= 0.6 is 11.3 Å². The molecule has 0 radical (unpaired) electrons. The number of amides is 1. The van der Waals surface area contributed by atoms with E-state index in [1.807, 2.05) is 18.2 Å². The van der Waals surface area contributed by atoms with Gasteiger partial charge >= 0.3 is 0 Å². The molecule has 110 valence electrons. The number of hydrogen-bond donors (Lipinski definition) is 2. The highest BCUT2D eigenvalue weighted by atomic mass is 32.1. The predicted molar refractivity (Wildman–Crippen MR) is 85.5 cm³/mol. The number of aryl methyl sites for hydroxylation is 1. The zero-order chi connectivity index (χ0) is 14.5. The Hall–Kier alpha value is -1.72. The highest BCUT2D eigenvalue weighted by Gasteiger charge is 2.15. The third-order valence-corrected chi connectivity index (χ3v) is 4.57. The lowest BCUT2D eigenvalue weighted by molar-refractivity contribution is -0.116. The Bertz CT molecular complexity index is 586. The van der Waals surface area contributed by atoms with Crippen LogP contribution in [-0.4, -0.2) is 17.4 Å². The molecule has 1 aliphatic rings. The molecule has 0 fully saturated rings. The van der Waals surface area contributed by atoms with Gasteiger partial charge in [-0.1, -0.05) is 30.3 Å². The number of fused-ring (bicyclic) bond motifs is 1. The lowest BCUT2D eigenvalue weighted by Crippen LogP contribution is -2.22. The molecule has 4 nitrogen and oxygen atoms in total. The number of rotatable bonds is 5. The van der Waals surface area contributed by atoms with Crippen molar-refractivity contribution in [1.29, 1.82) is 0 Å². The topological polar surface area (TPSA) is 54.0 Å². The molecule has 3 rings (SSSR count). The second-order valence-corrected chi connectivity index (χ2v) is 6.29. The molecule has 2 N–H and O–H groups in total. The van der Waals surface area contributed by atoms with Crippen LogP contribution in [-0.2, 0) is 24.2 Å². The molecule has 1 amide bonds. The van der Waals surface area contributed by atoms with Crippen LogP contribution in [0.4, 0.5) is 5.13 Å². The first-order valence-corrected chi connectivity index (χ1v) is 8.16. The summed E-state index contributed by atoms with van der Waals surface area (Å²) in [5.41, 5.74) is 2.42. The van der Waals surface area contributed by atoms with E-state index in [-0.39, 0.29) is 5.91 Å². The van der Waals surface area contributed by atoms with E-state index in [4.69, 9.17) is 0 Å². The Morgan fingerprint density at radius 3 is 3.00 bits per heavy atom. The van der Waals surface area contributed by atoms with Crippen LogP contribution in [0.15, 0.2) is 30.3 Å². The Morgan fingerprint density at radius 1 is 1.33 bits per heavy atom. The van der Waals surface area contributed by atoms with Crippen LogP contribution in [0.2, 0.25) is 0 Å². The fourth-order valence-electron chi connectivity index (χ4n) is 2.46. The summed E-state index contributed by atoms with van der Waals surface area (Å²) in [5, 5.41) is 6.99. The maximum Gasteiger partial charge on any atom is 0.226 e. The average molecular weight is 301 g/mol. The van der Waals surface area contributed by atoms with Gasteiger partial charge in [0.15, 0.2) is 5.13 Å². The number of aromatic nitrogens is 1. The van der Waals surface area contributed by atoms with Crippen molar-refractivity contribution < 1.29 is 4.79 Å². The van der Waals surface area contributed by atoms with Crippen molar-refractivity contribution >= 4 is 22.4 Å². The van der Waals surface area contributed by atoms with Crippen LogP contribution < -0.4 is 10.6 Å². The minimum Gasteiger partial charge on any atom is -0.311 e. The van der Waals surface area contributed by atoms with Gasteiger partial charge < -0.3 is 10.6 Å². The van der Waals surface area contributed by atoms with E-state index in [2.05, 4.69) is 27.8 Å². The summed E-state index contributed by atoms with van der Waals surface area (Å²) in [6.07, 6.45) is 3.29. The molecular weight excluding hydrogens is 282 g/mol. The van der Waals surface area contributed by atoms with Crippen LogP contribution in [0.3, 0.4) is 0 Å². The average Bonchev–Trinajstić information content (AvgIpc) is 2.90. The molecule has 0 aliphatic carbocycles. The van der Waals surface area contributed by atoms with Gasteiger partial charge in [-0.05, 0) is 18.4 Å².